The first-order valence-electron chi connectivity index (χ1n) is 11.6. The van der Waals surface area contributed by atoms with Crippen LogP contribution in [0.2, 0.25) is 0 Å². The van der Waals surface area contributed by atoms with Crippen LogP contribution in [0.4, 0.5) is 11.6 Å². The molecule has 0 fully saturated rings. The molecule has 2 heterocycles. The molecule has 36 heavy (non-hydrogen) atoms. The van der Waals surface area contributed by atoms with Crippen molar-refractivity contribution >= 4 is 45.4 Å². The molecule has 0 spiro atoms. The van der Waals surface area contributed by atoms with Gasteiger partial charge in [0.05, 0.1) is 17.1 Å². The largest absolute Gasteiger partial charge is 0.381 e. The minimum Gasteiger partial charge on any atom is -0.381 e. The van der Waals surface area contributed by atoms with Gasteiger partial charge in [0.25, 0.3) is 11.8 Å². The third-order valence-corrected chi connectivity index (χ3v) is 6.32. The Hall–Kier alpha value is -4.63. The zero-order valence-electron chi connectivity index (χ0n) is 19.6. The Morgan fingerprint density at radius 2 is 1.86 bits per heavy atom. The van der Waals surface area contributed by atoms with Crippen LogP contribution < -0.4 is 16.8 Å². The molecule has 0 aliphatic rings. The summed E-state index contributed by atoms with van der Waals surface area (Å²) in [6, 6.07) is 20.8. The molecule has 2 unspecified atom stereocenters. The summed E-state index contributed by atoms with van der Waals surface area (Å²) in [4.78, 5) is 32.9. The van der Waals surface area contributed by atoms with Gasteiger partial charge in [0.1, 0.15) is 5.69 Å². The van der Waals surface area contributed by atoms with Gasteiger partial charge in [0.15, 0.2) is 12.1 Å². The number of fused-ring (bicyclic) bond motifs is 2. The number of nitrogens with zero attached hydrogens (tertiary/aromatic N) is 2. The lowest BCUT2D eigenvalue weighted by atomic mass is 9.99. The number of hydrogen-bond acceptors (Lipinski definition) is 5. The molecule has 3 aromatic carbocycles. The van der Waals surface area contributed by atoms with Crippen molar-refractivity contribution in [3.05, 3.63) is 89.6 Å². The highest BCUT2D eigenvalue weighted by molar-refractivity contribution is 6.00. The Kier molecular flexibility index (Phi) is 5.91. The minimum atomic E-state index is -1.55. The van der Waals surface area contributed by atoms with Gasteiger partial charge in [0.2, 0.25) is 0 Å². The number of nitrogens with two attached hydrogens (primary N) is 2. The molecule has 2 amide bonds. The molecule has 9 nitrogen and oxygen atoms in total. The smallest absolute Gasteiger partial charge is 0.265 e. The molecule has 2 atom stereocenters. The number of carbonyl (C=O) groups excluding carboxylic acids is 2. The van der Waals surface area contributed by atoms with E-state index in [-0.39, 0.29) is 11.6 Å². The number of aliphatic hydroxyl groups is 1. The fourth-order valence-electron chi connectivity index (χ4n) is 4.58. The Morgan fingerprint density at radius 1 is 1.08 bits per heavy atom. The van der Waals surface area contributed by atoms with E-state index in [9.17, 15) is 14.7 Å². The average Bonchev–Trinajstić information content (AvgIpc) is 3.44. The van der Waals surface area contributed by atoms with E-state index in [0.717, 1.165) is 17.4 Å². The van der Waals surface area contributed by atoms with Gasteiger partial charge >= 0.3 is 0 Å². The first kappa shape index (κ1) is 23.1. The predicted molar refractivity (Wildman–Crippen MR) is 140 cm³/mol. The van der Waals surface area contributed by atoms with Crippen LogP contribution >= 0.6 is 0 Å². The number of rotatable bonds is 7. The van der Waals surface area contributed by atoms with E-state index in [1.165, 1.54) is 0 Å². The van der Waals surface area contributed by atoms with Crippen LogP contribution in [0.5, 0.6) is 0 Å². The number of primary amides is 1. The van der Waals surface area contributed by atoms with E-state index < -0.39 is 24.0 Å². The van der Waals surface area contributed by atoms with Crippen LogP contribution in [-0.2, 0) is 11.2 Å². The Morgan fingerprint density at radius 3 is 2.58 bits per heavy atom. The number of hydrogen-bond donors (Lipinski definition) is 5. The molecular formula is C27H26N6O3. The van der Waals surface area contributed by atoms with Gasteiger partial charge in [-0.05, 0) is 53.9 Å². The van der Waals surface area contributed by atoms with Crippen molar-refractivity contribution in [2.24, 2.45) is 5.73 Å². The summed E-state index contributed by atoms with van der Waals surface area (Å²) in [5, 5.41) is 15.0. The van der Waals surface area contributed by atoms with Crippen LogP contribution in [0.25, 0.3) is 21.9 Å². The molecule has 7 N–H and O–H groups in total. The second kappa shape index (κ2) is 9.20. The lowest BCUT2D eigenvalue weighted by Gasteiger charge is -2.27. The standard InChI is InChI=1S/C27H26N6O3/c1-2-15-8-11-21-17(12-15)13-22(25(28)35)33(21)23(16-6-4-3-5-7-16)24(34)26(36)30-18-9-10-19-20(14-18)32-27(29)31-19/h3-14,23-24,34H,2H2,1H3,(H2,28,35)(H,30,36)(H3,29,31,32). The number of aliphatic hydroxyl groups excluding tert-OH is 1. The van der Waals surface area contributed by atoms with Gasteiger partial charge in [-0.3, -0.25) is 9.59 Å². The molecular weight excluding hydrogens is 456 g/mol. The minimum absolute atomic E-state index is 0.202. The van der Waals surface area contributed by atoms with E-state index in [0.29, 0.717) is 27.8 Å². The van der Waals surface area contributed by atoms with Gasteiger partial charge < -0.3 is 31.4 Å². The van der Waals surface area contributed by atoms with Crippen LogP contribution in [0.1, 0.15) is 34.6 Å². The van der Waals surface area contributed by atoms with Crippen LogP contribution in [-0.4, -0.2) is 37.6 Å². The average molecular weight is 483 g/mol. The van der Waals surface area contributed by atoms with Crippen molar-refractivity contribution in [1.29, 1.82) is 0 Å². The number of H-pyrrole nitrogens is 1. The molecule has 5 aromatic rings. The highest BCUT2D eigenvalue weighted by Gasteiger charge is 2.33. The predicted octanol–water partition coefficient (Wildman–Crippen LogP) is 3.35. The summed E-state index contributed by atoms with van der Waals surface area (Å²) in [6.45, 7) is 2.04. The number of anilines is 2. The molecule has 0 saturated heterocycles. The Bertz CT molecular complexity index is 1590. The summed E-state index contributed by atoms with van der Waals surface area (Å²) in [5.41, 5.74) is 15.9. The molecule has 0 radical (unpaired) electrons. The van der Waals surface area contributed by atoms with E-state index in [1.807, 2.05) is 43.3 Å². The molecule has 0 aliphatic heterocycles. The maximum atomic E-state index is 13.3. The number of aryl methyl sites for hydroxylation is 1. The number of nitrogens with one attached hydrogen (secondary N) is 2. The molecule has 0 bridgehead atoms. The summed E-state index contributed by atoms with van der Waals surface area (Å²) < 4.78 is 1.65. The van der Waals surface area contributed by atoms with E-state index in [2.05, 4.69) is 15.3 Å². The maximum Gasteiger partial charge on any atom is 0.265 e. The summed E-state index contributed by atoms with van der Waals surface area (Å²) in [5.74, 6) is -1.03. The van der Waals surface area contributed by atoms with Gasteiger partial charge in [0, 0.05) is 16.6 Å². The molecule has 0 aliphatic carbocycles. The fourth-order valence-corrected chi connectivity index (χ4v) is 4.58. The molecule has 9 heteroatoms. The Balaban J connectivity index is 1.59. The zero-order chi connectivity index (χ0) is 25.4. The van der Waals surface area contributed by atoms with E-state index in [1.54, 1.807) is 41.0 Å². The number of benzene rings is 3. The van der Waals surface area contributed by atoms with Gasteiger partial charge in [-0.15, -0.1) is 0 Å². The van der Waals surface area contributed by atoms with Crippen LogP contribution in [0.15, 0.2) is 72.8 Å². The monoisotopic (exact) mass is 482 g/mol. The topological polar surface area (TPSA) is 152 Å². The van der Waals surface area contributed by atoms with Crippen LogP contribution in [0.3, 0.4) is 0 Å². The highest BCUT2D eigenvalue weighted by Crippen LogP contribution is 2.32. The fraction of sp³-hybridized carbons (Fsp3) is 0.148. The highest BCUT2D eigenvalue weighted by atomic mass is 16.3. The van der Waals surface area contributed by atoms with E-state index in [4.69, 9.17) is 11.5 Å². The van der Waals surface area contributed by atoms with Crippen molar-refractivity contribution < 1.29 is 14.7 Å². The number of aromatic nitrogens is 3. The molecule has 2 aromatic heterocycles. The number of imidazole rings is 1. The molecule has 182 valence electrons. The van der Waals surface area contributed by atoms with Crippen molar-refractivity contribution in [2.75, 3.05) is 11.1 Å². The number of nitrogen functional groups attached to an aromatic ring is 1. The SMILES string of the molecule is CCc1ccc2c(c1)cc(C(N)=O)n2C(c1ccccc1)C(O)C(=O)Nc1ccc2nc(N)[nH]c2c1. The summed E-state index contributed by atoms with van der Waals surface area (Å²) in [7, 11) is 0. The maximum absolute atomic E-state index is 13.3. The van der Waals surface area contributed by atoms with Crippen molar-refractivity contribution in [1.82, 2.24) is 14.5 Å². The Labute approximate surface area is 206 Å². The number of amides is 2. The number of carbonyl (C=O) groups is 2. The summed E-state index contributed by atoms with van der Waals surface area (Å²) in [6.07, 6.45) is -0.721. The van der Waals surface area contributed by atoms with Crippen molar-refractivity contribution in [3.8, 4) is 0 Å². The van der Waals surface area contributed by atoms with Crippen molar-refractivity contribution in [3.63, 3.8) is 0 Å². The lowest BCUT2D eigenvalue weighted by molar-refractivity contribution is -0.125. The lowest BCUT2D eigenvalue weighted by Crippen LogP contribution is -2.38. The van der Waals surface area contributed by atoms with Crippen LogP contribution in [0, 0.1) is 0 Å². The van der Waals surface area contributed by atoms with Gasteiger partial charge in [-0.1, -0.05) is 43.3 Å². The quantitative estimate of drug-likeness (QED) is 0.241. The number of aromatic amines is 1. The first-order chi connectivity index (χ1) is 17.4. The third kappa shape index (κ3) is 4.16. The zero-order valence-corrected chi connectivity index (χ0v) is 19.6. The second-order valence-corrected chi connectivity index (χ2v) is 8.65. The van der Waals surface area contributed by atoms with E-state index >= 15 is 0 Å². The van der Waals surface area contributed by atoms with Crippen molar-refractivity contribution in [2.45, 2.75) is 25.5 Å². The molecule has 0 saturated carbocycles. The molecule has 5 rings (SSSR count). The third-order valence-electron chi connectivity index (χ3n) is 6.32. The first-order valence-corrected chi connectivity index (χ1v) is 11.6. The van der Waals surface area contributed by atoms with Gasteiger partial charge in [-0.25, -0.2) is 4.98 Å². The summed E-state index contributed by atoms with van der Waals surface area (Å²) >= 11 is 0. The normalized spacial score (nSPS) is 13.1. The second-order valence-electron chi connectivity index (χ2n) is 8.65. The van der Waals surface area contributed by atoms with Gasteiger partial charge in [-0.2, -0.15) is 0 Å².